The van der Waals surface area contributed by atoms with Crippen LogP contribution in [0.15, 0.2) is 29.2 Å². The molecule has 21 heavy (non-hydrogen) atoms. The average Bonchev–Trinajstić information content (AvgIpc) is 2.89. The molecule has 1 heterocycles. The second-order valence-corrected chi connectivity index (χ2v) is 7.00. The zero-order valence-electron chi connectivity index (χ0n) is 12.3. The lowest BCUT2D eigenvalue weighted by molar-refractivity contribution is 0.311. The molecule has 6 nitrogen and oxygen atoms in total. The molecule has 118 valence electrons. The first-order chi connectivity index (χ1) is 10.0. The Morgan fingerprint density at radius 1 is 1.38 bits per heavy atom. The fourth-order valence-corrected chi connectivity index (χ4v) is 3.49. The van der Waals surface area contributed by atoms with Crippen LogP contribution in [0.2, 0.25) is 0 Å². The fourth-order valence-electron chi connectivity index (χ4n) is 2.42. The molecule has 1 atom stereocenters. The lowest BCUT2D eigenvalue weighted by Gasteiger charge is -2.19. The van der Waals surface area contributed by atoms with Crippen molar-refractivity contribution in [2.45, 2.75) is 23.8 Å². The van der Waals surface area contributed by atoms with Crippen LogP contribution in [0.5, 0.6) is 5.75 Å². The highest BCUT2D eigenvalue weighted by Gasteiger charge is 2.23. The van der Waals surface area contributed by atoms with E-state index in [-0.39, 0.29) is 10.9 Å². The smallest absolute Gasteiger partial charge is 0.240 e. The molecule has 0 aromatic heterocycles. The average molecular weight is 313 g/mol. The zero-order valence-corrected chi connectivity index (χ0v) is 13.1. The topological polar surface area (TPSA) is 84.7 Å². The first-order valence-corrected chi connectivity index (χ1v) is 8.64. The van der Waals surface area contributed by atoms with E-state index in [9.17, 15) is 8.42 Å². The molecule has 1 fully saturated rings. The summed E-state index contributed by atoms with van der Waals surface area (Å²) in [6.07, 6.45) is 2.15. The summed E-state index contributed by atoms with van der Waals surface area (Å²) in [6.45, 7) is 2.32. The number of rotatable bonds is 7. The minimum atomic E-state index is -3.47. The van der Waals surface area contributed by atoms with Gasteiger partial charge in [-0.15, -0.1) is 0 Å². The van der Waals surface area contributed by atoms with Crippen molar-refractivity contribution in [3.8, 4) is 5.75 Å². The van der Waals surface area contributed by atoms with Gasteiger partial charge in [-0.2, -0.15) is 0 Å². The number of nitrogens with one attached hydrogen (secondary N) is 1. The van der Waals surface area contributed by atoms with Crippen molar-refractivity contribution in [2.75, 3.05) is 33.3 Å². The highest BCUT2D eigenvalue weighted by Crippen LogP contribution is 2.17. The molecule has 3 N–H and O–H groups in total. The summed E-state index contributed by atoms with van der Waals surface area (Å²) < 4.78 is 32.5. The normalized spacial score (nSPS) is 19.8. The van der Waals surface area contributed by atoms with Gasteiger partial charge in [0.2, 0.25) is 10.0 Å². The molecule has 1 aliphatic heterocycles. The summed E-state index contributed by atoms with van der Waals surface area (Å²) in [5.74, 6) is 0.620. The van der Waals surface area contributed by atoms with Crippen LogP contribution in [-0.4, -0.2) is 52.6 Å². The van der Waals surface area contributed by atoms with Gasteiger partial charge in [-0.05, 0) is 50.7 Å². The van der Waals surface area contributed by atoms with Gasteiger partial charge in [0.15, 0.2) is 0 Å². The van der Waals surface area contributed by atoms with Gasteiger partial charge in [0.25, 0.3) is 0 Å². The Morgan fingerprint density at radius 2 is 2.10 bits per heavy atom. The minimum Gasteiger partial charge on any atom is -0.492 e. The second kappa shape index (κ2) is 7.22. The van der Waals surface area contributed by atoms with E-state index in [4.69, 9.17) is 10.5 Å². The highest BCUT2D eigenvalue weighted by molar-refractivity contribution is 7.89. The van der Waals surface area contributed by atoms with Crippen LogP contribution < -0.4 is 15.2 Å². The summed E-state index contributed by atoms with van der Waals surface area (Å²) in [5, 5.41) is 0. The Balaban J connectivity index is 1.95. The molecule has 7 heteroatoms. The third kappa shape index (κ3) is 4.41. The van der Waals surface area contributed by atoms with Crippen LogP contribution in [0.25, 0.3) is 0 Å². The van der Waals surface area contributed by atoms with Gasteiger partial charge >= 0.3 is 0 Å². The molecule has 0 bridgehead atoms. The maximum Gasteiger partial charge on any atom is 0.240 e. The first kappa shape index (κ1) is 16.2. The number of likely N-dealkylation sites (N-methyl/N-ethyl adjacent to an activating group) is 1. The van der Waals surface area contributed by atoms with Crippen LogP contribution in [0.1, 0.15) is 12.8 Å². The molecular formula is C14H23N3O3S. The number of hydrogen-bond acceptors (Lipinski definition) is 5. The highest BCUT2D eigenvalue weighted by atomic mass is 32.2. The first-order valence-electron chi connectivity index (χ1n) is 7.16. The molecule has 0 amide bonds. The van der Waals surface area contributed by atoms with Crippen molar-refractivity contribution in [1.82, 2.24) is 9.62 Å². The van der Waals surface area contributed by atoms with Crippen molar-refractivity contribution in [3.05, 3.63) is 24.3 Å². The summed E-state index contributed by atoms with van der Waals surface area (Å²) in [4.78, 5) is 2.44. The number of nitrogens with zero attached hydrogens (tertiary/aromatic N) is 1. The lowest BCUT2D eigenvalue weighted by atomic mass is 10.2. The monoisotopic (exact) mass is 313 g/mol. The Hall–Kier alpha value is -1.15. The second-order valence-electron chi connectivity index (χ2n) is 5.24. The van der Waals surface area contributed by atoms with E-state index in [0.29, 0.717) is 25.4 Å². The summed E-state index contributed by atoms with van der Waals surface area (Å²) in [6, 6.07) is 6.67. The molecule has 1 aromatic carbocycles. The molecule has 0 spiro atoms. The van der Waals surface area contributed by atoms with Crippen molar-refractivity contribution in [3.63, 3.8) is 0 Å². The number of likely N-dealkylation sites (tertiary alicyclic amines) is 1. The van der Waals surface area contributed by atoms with Crippen molar-refractivity contribution in [1.29, 1.82) is 0 Å². The predicted molar refractivity (Wildman–Crippen MR) is 81.8 cm³/mol. The number of ether oxygens (including phenoxy) is 1. The number of benzene rings is 1. The van der Waals surface area contributed by atoms with Crippen molar-refractivity contribution >= 4 is 10.0 Å². The van der Waals surface area contributed by atoms with E-state index < -0.39 is 10.0 Å². The Kier molecular flexibility index (Phi) is 5.58. The molecule has 1 saturated heterocycles. The van der Waals surface area contributed by atoms with Crippen LogP contribution in [0.4, 0.5) is 0 Å². The maximum atomic E-state index is 12.2. The van der Waals surface area contributed by atoms with Gasteiger partial charge in [-0.1, -0.05) is 0 Å². The lowest BCUT2D eigenvalue weighted by Crippen LogP contribution is -2.38. The van der Waals surface area contributed by atoms with Crippen molar-refractivity contribution in [2.24, 2.45) is 5.73 Å². The fraction of sp³-hybridized carbons (Fsp3) is 0.571. The van der Waals surface area contributed by atoms with Gasteiger partial charge in [0, 0.05) is 19.1 Å². The van der Waals surface area contributed by atoms with Crippen molar-refractivity contribution < 1.29 is 13.2 Å². The number of sulfonamides is 1. The molecule has 1 aliphatic rings. The quantitative estimate of drug-likeness (QED) is 0.761. The predicted octanol–water partition coefficient (Wildman–Crippen LogP) is 0.397. The van der Waals surface area contributed by atoms with E-state index in [0.717, 1.165) is 19.4 Å². The van der Waals surface area contributed by atoms with E-state index in [2.05, 4.69) is 9.62 Å². The van der Waals surface area contributed by atoms with Crippen LogP contribution in [0.3, 0.4) is 0 Å². The van der Waals surface area contributed by atoms with Gasteiger partial charge in [-0.3, -0.25) is 0 Å². The Bertz CT molecular complexity index is 545. The third-order valence-corrected chi connectivity index (χ3v) is 5.14. The van der Waals surface area contributed by atoms with Gasteiger partial charge < -0.3 is 15.4 Å². The molecule has 0 radical (unpaired) electrons. The van der Waals surface area contributed by atoms with Gasteiger partial charge in [-0.25, -0.2) is 13.1 Å². The van der Waals surface area contributed by atoms with Gasteiger partial charge in [0.05, 0.1) is 4.90 Å². The molecule has 2 rings (SSSR count). The zero-order chi connectivity index (χ0) is 15.3. The summed E-state index contributed by atoms with van der Waals surface area (Å²) in [7, 11) is -1.44. The molecule has 1 unspecified atom stereocenters. The largest absolute Gasteiger partial charge is 0.492 e. The Morgan fingerprint density at radius 3 is 2.67 bits per heavy atom. The van der Waals surface area contributed by atoms with Crippen LogP contribution >= 0.6 is 0 Å². The molecule has 0 aliphatic carbocycles. The molecule has 1 aromatic rings. The SMILES string of the molecule is CN1CCCC1CNS(=O)(=O)c1ccc(OCCN)cc1. The van der Waals surface area contributed by atoms with E-state index in [1.807, 2.05) is 7.05 Å². The van der Waals surface area contributed by atoms with Crippen LogP contribution in [0, 0.1) is 0 Å². The van der Waals surface area contributed by atoms with Crippen LogP contribution in [-0.2, 0) is 10.0 Å². The standard InChI is InChI=1S/C14H23N3O3S/c1-17-9-2-3-12(17)11-16-21(18,19)14-6-4-13(5-7-14)20-10-8-15/h4-7,12,16H,2-3,8-11,15H2,1H3. The Labute approximate surface area is 126 Å². The number of nitrogens with two attached hydrogens (primary N) is 1. The van der Waals surface area contributed by atoms with Gasteiger partial charge in [0.1, 0.15) is 12.4 Å². The van der Waals surface area contributed by atoms with E-state index in [1.54, 1.807) is 24.3 Å². The third-order valence-electron chi connectivity index (χ3n) is 3.70. The number of hydrogen-bond donors (Lipinski definition) is 2. The summed E-state index contributed by atoms with van der Waals surface area (Å²) in [5.41, 5.74) is 5.35. The molecular weight excluding hydrogens is 290 g/mol. The molecule has 0 saturated carbocycles. The minimum absolute atomic E-state index is 0.253. The summed E-state index contributed by atoms with van der Waals surface area (Å²) >= 11 is 0. The maximum absolute atomic E-state index is 12.2. The van der Waals surface area contributed by atoms with E-state index in [1.165, 1.54) is 0 Å². The van der Waals surface area contributed by atoms with E-state index >= 15 is 0 Å².